The second-order valence-corrected chi connectivity index (χ2v) is 6.65. The molecule has 0 amide bonds. The number of methoxy groups -OCH3 is 4. The van der Waals surface area contributed by atoms with E-state index >= 15 is 0 Å². The Bertz CT molecular complexity index is 729. The Morgan fingerprint density at radius 3 is 2.41 bits per heavy atom. The first-order chi connectivity index (χ1) is 13.2. The Balaban J connectivity index is 1.99. The third kappa shape index (κ3) is 3.86. The predicted molar refractivity (Wildman–Crippen MR) is 99.7 cm³/mol. The monoisotopic (exact) mass is 377 g/mol. The molecular weight excluding hydrogens is 350 g/mol. The fourth-order valence-electron chi connectivity index (χ4n) is 3.59. The van der Waals surface area contributed by atoms with Crippen LogP contribution in [0.3, 0.4) is 0 Å². The van der Waals surface area contributed by atoms with Gasteiger partial charge in [-0.05, 0) is 44.5 Å². The summed E-state index contributed by atoms with van der Waals surface area (Å²) in [7, 11) is 6.43. The van der Waals surface area contributed by atoms with Gasteiger partial charge in [0.1, 0.15) is 0 Å². The molecule has 0 bridgehead atoms. The maximum Gasteiger partial charge on any atom is 0.235 e. The number of benzene rings is 1. The first-order valence-electron chi connectivity index (χ1n) is 9.01. The highest BCUT2D eigenvalue weighted by atomic mass is 16.5. The minimum Gasteiger partial charge on any atom is -0.493 e. The Morgan fingerprint density at radius 2 is 1.78 bits per heavy atom. The first kappa shape index (κ1) is 19.4. The van der Waals surface area contributed by atoms with E-state index < -0.39 is 0 Å². The fraction of sp³-hybridized carbons (Fsp3) is 0.579. The van der Waals surface area contributed by atoms with Crippen LogP contribution in [0.5, 0.6) is 17.2 Å². The minimum absolute atomic E-state index is 0.274. The average molecular weight is 377 g/mol. The number of aromatic nitrogens is 2. The summed E-state index contributed by atoms with van der Waals surface area (Å²) >= 11 is 0. The van der Waals surface area contributed by atoms with Gasteiger partial charge in [0.2, 0.25) is 17.5 Å². The molecule has 3 rings (SSSR count). The Kier molecular flexibility index (Phi) is 6.18. The van der Waals surface area contributed by atoms with Crippen LogP contribution in [0.4, 0.5) is 0 Å². The van der Waals surface area contributed by atoms with Crippen LogP contribution in [0.1, 0.15) is 25.2 Å². The van der Waals surface area contributed by atoms with E-state index in [1.807, 2.05) is 12.1 Å². The largest absolute Gasteiger partial charge is 0.493 e. The van der Waals surface area contributed by atoms with Crippen molar-refractivity contribution in [3.8, 4) is 28.6 Å². The molecule has 2 heterocycles. The first-order valence-corrected chi connectivity index (χ1v) is 9.01. The van der Waals surface area contributed by atoms with E-state index in [2.05, 4.69) is 10.5 Å². The molecule has 1 aliphatic rings. The molecule has 0 aliphatic carbocycles. The van der Waals surface area contributed by atoms with E-state index in [-0.39, 0.29) is 5.41 Å². The van der Waals surface area contributed by atoms with Crippen molar-refractivity contribution in [1.82, 2.24) is 15.5 Å². The summed E-state index contributed by atoms with van der Waals surface area (Å²) in [5.41, 5.74) is 0.461. The highest BCUT2D eigenvalue weighted by Gasteiger charge is 2.38. The van der Waals surface area contributed by atoms with Crippen molar-refractivity contribution in [2.45, 2.75) is 24.7 Å². The normalized spacial score (nSPS) is 20.1. The predicted octanol–water partition coefficient (Wildman–Crippen LogP) is 2.42. The van der Waals surface area contributed by atoms with Crippen LogP contribution in [0.25, 0.3) is 11.4 Å². The van der Waals surface area contributed by atoms with E-state index in [0.29, 0.717) is 35.6 Å². The molecule has 1 fully saturated rings. The van der Waals surface area contributed by atoms with Crippen molar-refractivity contribution in [2.75, 3.05) is 48.1 Å². The lowest BCUT2D eigenvalue weighted by Gasteiger charge is -2.27. The quantitative estimate of drug-likeness (QED) is 0.787. The zero-order chi connectivity index (χ0) is 19.3. The summed E-state index contributed by atoms with van der Waals surface area (Å²) in [6, 6.07) is 3.63. The van der Waals surface area contributed by atoms with E-state index in [9.17, 15) is 0 Å². The number of rotatable bonds is 7. The van der Waals surface area contributed by atoms with E-state index in [1.165, 1.54) is 0 Å². The highest BCUT2D eigenvalue weighted by Crippen LogP contribution is 2.41. The van der Waals surface area contributed by atoms with E-state index in [0.717, 1.165) is 37.9 Å². The number of nitrogens with one attached hydrogen (secondary N) is 1. The van der Waals surface area contributed by atoms with Crippen LogP contribution in [0.15, 0.2) is 16.7 Å². The van der Waals surface area contributed by atoms with Gasteiger partial charge in [-0.3, -0.25) is 0 Å². The highest BCUT2D eigenvalue weighted by molar-refractivity contribution is 5.66. The molecule has 2 aromatic rings. The van der Waals surface area contributed by atoms with Crippen molar-refractivity contribution in [2.24, 2.45) is 0 Å². The molecule has 1 atom stereocenters. The molecule has 148 valence electrons. The lowest BCUT2D eigenvalue weighted by Crippen LogP contribution is -2.33. The smallest absolute Gasteiger partial charge is 0.235 e. The van der Waals surface area contributed by atoms with E-state index in [4.69, 9.17) is 28.5 Å². The molecule has 1 aromatic heterocycles. The molecule has 1 aromatic carbocycles. The zero-order valence-corrected chi connectivity index (χ0v) is 16.3. The van der Waals surface area contributed by atoms with Crippen molar-refractivity contribution in [3.63, 3.8) is 0 Å². The Hall–Kier alpha value is -2.32. The van der Waals surface area contributed by atoms with Gasteiger partial charge < -0.3 is 28.8 Å². The van der Waals surface area contributed by atoms with Crippen LogP contribution in [0.2, 0.25) is 0 Å². The minimum atomic E-state index is -0.274. The van der Waals surface area contributed by atoms with Crippen molar-refractivity contribution in [3.05, 3.63) is 18.0 Å². The summed E-state index contributed by atoms with van der Waals surface area (Å²) in [6.45, 7) is 2.43. The standard InChI is InChI=1S/C19H27N3O5/c1-23-12-19(6-5-8-20-9-7-19)18-21-17(22-27-18)13-10-14(24-2)16(26-4)15(11-13)25-3/h10-11,20H,5-9,12H2,1-4H3. The van der Waals surface area contributed by atoms with Crippen molar-refractivity contribution >= 4 is 0 Å². The molecule has 0 saturated carbocycles. The van der Waals surface area contributed by atoms with Crippen LogP contribution < -0.4 is 19.5 Å². The molecule has 1 N–H and O–H groups in total. The van der Waals surface area contributed by atoms with Crippen LogP contribution >= 0.6 is 0 Å². The van der Waals surface area contributed by atoms with Gasteiger partial charge in [-0.15, -0.1) is 0 Å². The average Bonchev–Trinajstić information content (AvgIpc) is 3.08. The molecular formula is C19H27N3O5. The van der Waals surface area contributed by atoms with Gasteiger partial charge in [0.25, 0.3) is 0 Å². The summed E-state index contributed by atoms with van der Waals surface area (Å²) in [6.07, 6.45) is 2.85. The van der Waals surface area contributed by atoms with Crippen LogP contribution in [0, 0.1) is 0 Å². The van der Waals surface area contributed by atoms with Crippen LogP contribution in [-0.2, 0) is 10.2 Å². The molecule has 1 saturated heterocycles. The van der Waals surface area contributed by atoms with Gasteiger partial charge in [-0.25, -0.2) is 0 Å². The van der Waals surface area contributed by atoms with Gasteiger partial charge in [0.05, 0.1) is 33.4 Å². The van der Waals surface area contributed by atoms with Gasteiger partial charge in [0, 0.05) is 12.7 Å². The van der Waals surface area contributed by atoms with Gasteiger partial charge in [-0.1, -0.05) is 5.16 Å². The zero-order valence-electron chi connectivity index (χ0n) is 16.3. The summed E-state index contributed by atoms with van der Waals surface area (Å²) in [4.78, 5) is 4.71. The SMILES string of the molecule is COCC1(c2nc(-c3cc(OC)c(OC)c(OC)c3)no2)CCCNCC1. The third-order valence-corrected chi connectivity index (χ3v) is 5.01. The molecule has 0 radical (unpaired) electrons. The summed E-state index contributed by atoms with van der Waals surface area (Å²) in [5, 5.41) is 7.63. The number of hydrogen-bond acceptors (Lipinski definition) is 8. The van der Waals surface area contributed by atoms with Crippen LogP contribution in [-0.4, -0.2) is 58.3 Å². The molecule has 1 unspecified atom stereocenters. The topological polar surface area (TPSA) is 87.9 Å². The van der Waals surface area contributed by atoms with Crippen molar-refractivity contribution < 1.29 is 23.5 Å². The maximum absolute atomic E-state index is 5.69. The van der Waals surface area contributed by atoms with Gasteiger partial charge in [0.15, 0.2) is 11.5 Å². The maximum atomic E-state index is 5.69. The second kappa shape index (κ2) is 8.58. The molecule has 8 nitrogen and oxygen atoms in total. The molecule has 1 aliphatic heterocycles. The number of ether oxygens (including phenoxy) is 4. The summed E-state index contributed by atoms with van der Waals surface area (Å²) < 4.78 is 27.4. The lowest BCUT2D eigenvalue weighted by atomic mass is 9.81. The van der Waals surface area contributed by atoms with E-state index in [1.54, 1.807) is 28.4 Å². The number of nitrogens with zero attached hydrogens (tertiary/aromatic N) is 2. The summed E-state index contributed by atoms with van der Waals surface area (Å²) in [5.74, 6) is 2.71. The Labute approximate surface area is 159 Å². The fourth-order valence-corrected chi connectivity index (χ4v) is 3.59. The molecule has 8 heteroatoms. The van der Waals surface area contributed by atoms with Gasteiger partial charge >= 0.3 is 0 Å². The Morgan fingerprint density at radius 1 is 1.04 bits per heavy atom. The molecule has 0 spiro atoms. The molecule has 27 heavy (non-hydrogen) atoms. The van der Waals surface area contributed by atoms with Crippen molar-refractivity contribution in [1.29, 1.82) is 0 Å². The number of hydrogen-bond donors (Lipinski definition) is 1. The third-order valence-electron chi connectivity index (χ3n) is 5.01. The van der Waals surface area contributed by atoms with Gasteiger partial charge in [-0.2, -0.15) is 4.98 Å². The second-order valence-electron chi connectivity index (χ2n) is 6.65. The lowest BCUT2D eigenvalue weighted by molar-refractivity contribution is 0.0978.